The van der Waals surface area contributed by atoms with Gasteiger partial charge in [-0.15, -0.1) is 0 Å². The molecule has 3 rings (SSSR count). The molecule has 2 N–H and O–H groups in total. The number of phenolic OH excluding ortho intramolecular Hbond substituents is 1. The minimum absolute atomic E-state index is 0.00740. The molecule has 23 heavy (non-hydrogen) atoms. The minimum Gasteiger partial charge on any atom is -0.506 e. The number of hydrogen-bond donors (Lipinski definition) is 2. The number of nitrogens with zero attached hydrogens (tertiary/aromatic N) is 1. The smallest absolute Gasteiger partial charge is 0.255 e. The molecule has 126 valence electrons. The van der Waals surface area contributed by atoms with Crippen LogP contribution >= 0.6 is 23.2 Å². The van der Waals surface area contributed by atoms with E-state index in [1.54, 1.807) is 0 Å². The zero-order valence-electron chi connectivity index (χ0n) is 12.1. The molecule has 1 saturated heterocycles. The Morgan fingerprint density at radius 1 is 1.26 bits per heavy atom. The third kappa shape index (κ3) is 3.42. The highest BCUT2D eigenvalue weighted by Crippen LogP contribution is 2.33. The van der Waals surface area contributed by atoms with E-state index in [0.717, 1.165) is 0 Å². The summed E-state index contributed by atoms with van der Waals surface area (Å²) in [5.74, 6) is -0.864. The average Bonchev–Trinajstić information content (AvgIpc) is 3.23. The molecule has 0 spiro atoms. The van der Waals surface area contributed by atoms with Crippen LogP contribution in [0.25, 0.3) is 0 Å². The number of carbonyl (C=O) groups excluding carboxylic acids is 1. The highest BCUT2D eigenvalue weighted by Gasteiger charge is 2.42. The van der Waals surface area contributed by atoms with Crippen LogP contribution < -0.4 is 5.32 Å². The zero-order chi connectivity index (χ0) is 16.8. The van der Waals surface area contributed by atoms with Gasteiger partial charge in [0.25, 0.3) is 5.91 Å². The van der Waals surface area contributed by atoms with Gasteiger partial charge in [0.05, 0.1) is 15.8 Å². The van der Waals surface area contributed by atoms with E-state index >= 15 is 0 Å². The molecule has 0 aromatic heterocycles. The van der Waals surface area contributed by atoms with Crippen LogP contribution in [0.4, 0.5) is 0 Å². The number of rotatable bonds is 4. The van der Waals surface area contributed by atoms with Gasteiger partial charge in [0.2, 0.25) is 10.0 Å². The van der Waals surface area contributed by atoms with Crippen molar-refractivity contribution < 1.29 is 18.3 Å². The van der Waals surface area contributed by atoms with Crippen LogP contribution in [0.15, 0.2) is 12.1 Å². The molecule has 2 aliphatic rings. The summed E-state index contributed by atoms with van der Waals surface area (Å²) in [6.45, 7) is 0.645. The number of carbonyl (C=O) groups is 1. The highest BCUT2D eigenvalue weighted by atomic mass is 35.5. The Labute approximate surface area is 144 Å². The van der Waals surface area contributed by atoms with Crippen molar-refractivity contribution in [2.75, 3.05) is 13.1 Å². The van der Waals surface area contributed by atoms with Crippen LogP contribution in [0.3, 0.4) is 0 Å². The van der Waals surface area contributed by atoms with E-state index in [9.17, 15) is 18.3 Å². The summed E-state index contributed by atoms with van der Waals surface area (Å²) in [4.78, 5) is 12.3. The van der Waals surface area contributed by atoms with Crippen LogP contribution in [0.5, 0.6) is 5.75 Å². The number of phenols is 1. The Kier molecular flexibility index (Phi) is 4.48. The Morgan fingerprint density at radius 2 is 1.96 bits per heavy atom. The molecule has 1 aliphatic carbocycles. The van der Waals surface area contributed by atoms with Gasteiger partial charge in [0.15, 0.2) is 0 Å². The first-order valence-electron chi connectivity index (χ1n) is 7.27. The van der Waals surface area contributed by atoms with Crippen LogP contribution in [0.1, 0.15) is 29.6 Å². The Morgan fingerprint density at radius 3 is 2.61 bits per heavy atom. The van der Waals surface area contributed by atoms with Gasteiger partial charge in [-0.1, -0.05) is 23.2 Å². The van der Waals surface area contributed by atoms with Crippen molar-refractivity contribution in [3.05, 3.63) is 27.7 Å². The molecule has 1 saturated carbocycles. The maximum atomic E-state index is 12.3. The predicted molar refractivity (Wildman–Crippen MR) is 87.5 cm³/mol. The Balaban J connectivity index is 1.68. The van der Waals surface area contributed by atoms with Gasteiger partial charge in [-0.3, -0.25) is 4.79 Å². The number of amides is 1. The van der Waals surface area contributed by atoms with Gasteiger partial charge in [0.1, 0.15) is 5.75 Å². The lowest BCUT2D eigenvalue weighted by Crippen LogP contribution is -2.39. The average molecular weight is 379 g/mol. The van der Waals surface area contributed by atoms with Crippen molar-refractivity contribution in [1.82, 2.24) is 9.62 Å². The van der Waals surface area contributed by atoms with E-state index < -0.39 is 15.9 Å². The second-order valence-corrected chi connectivity index (χ2v) is 8.90. The normalized spacial score (nSPS) is 22.3. The lowest BCUT2D eigenvalue weighted by Gasteiger charge is -2.17. The van der Waals surface area contributed by atoms with E-state index in [4.69, 9.17) is 23.2 Å². The van der Waals surface area contributed by atoms with Gasteiger partial charge in [-0.05, 0) is 31.4 Å². The van der Waals surface area contributed by atoms with Crippen LogP contribution in [0, 0.1) is 0 Å². The molecule has 1 unspecified atom stereocenters. The predicted octanol–water partition coefficient (Wildman–Crippen LogP) is 2.00. The number of hydrogen-bond acceptors (Lipinski definition) is 4. The first-order valence-corrected chi connectivity index (χ1v) is 9.53. The van der Waals surface area contributed by atoms with Crippen molar-refractivity contribution >= 4 is 39.1 Å². The molecule has 1 aliphatic heterocycles. The fraction of sp³-hybridized carbons (Fsp3) is 0.500. The maximum Gasteiger partial charge on any atom is 0.255 e. The molecule has 1 aromatic rings. The van der Waals surface area contributed by atoms with Crippen molar-refractivity contribution in [2.45, 2.75) is 30.6 Å². The molecule has 0 radical (unpaired) electrons. The molecular formula is C14H16Cl2N2O4S. The third-order valence-corrected chi connectivity index (χ3v) is 6.94. The molecule has 6 nitrogen and oxygen atoms in total. The summed E-state index contributed by atoms with van der Waals surface area (Å²) in [6, 6.07) is 2.37. The number of halogens is 2. The molecule has 0 bridgehead atoms. The van der Waals surface area contributed by atoms with Crippen molar-refractivity contribution in [3.8, 4) is 5.75 Å². The van der Waals surface area contributed by atoms with E-state index in [1.807, 2.05) is 0 Å². The van der Waals surface area contributed by atoms with E-state index in [0.29, 0.717) is 25.8 Å². The summed E-state index contributed by atoms with van der Waals surface area (Å²) in [5, 5.41) is 12.6. The SMILES string of the molecule is O=C(NC1CCN(S(=O)(=O)C2CC2)C1)c1cc(Cl)cc(Cl)c1O. The summed E-state index contributed by atoms with van der Waals surface area (Å²) in [5.41, 5.74) is -0.0222. The molecule has 9 heteroatoms. The summed E-state index contributed by atoms with van der Waals surface area (Å²) >= 11 is 11.6. The Bertz CT molecular complexity index is 749. The fourth-order valence-electron chi connectivity index (χ4n) is 2.66. The largest absolute Gasteiger partial charge is 0.506 e. The third-order valence-electron chi connectivity index (χ3n) is 4.06. The lowest BCUT2D eigenvalue weighted by atomic mass is 10.1. The van der Waals surface area contributed by atoms with Crippen molar-refractivity contribution in [3.63, 3.8) is 0 Å². The van der Waals surface area contributed by atoms with Gasteiger partial charge < -0.3 is 10.4 Å². The van der Waals surface area contributed by atoms with Gasteiger partial charge >= 0.3 is 0 Å². The quantitative estimate of drug-likeness (QED) is 0.838. The molecule has 1 heterocycles. The van der Waals surface area contributed by atoms with Crippen LogP contribution in [0.2, 0.25) is 10.0 Å². The first-order chi connectivity index (χ1) is 10.8. The van der Waals surface area contributed by atoms with Gasteiger partial charge in [0, 0.05) is 24.2 Å². The van der Waals surface area contributed by atoms with Crippen molar-refractivity contribution in [1.29, 1.82) is 0 Å². The van der Waals surface area contributed by atoms with Gasteiger partial charge in [-0.25, -0.2) is 8.42 Å². The monoisotopic (exact) mass is 378 g/mol. The van der Waals surface area contributed by atoms with Crippen molar-refractivity contribution in [2.24, 2.45) is 0 Å². The van der Waals surface area contributed by atoms with Gasteiger partial charge in [-0.2, -0.15) is 4.31 Å². The number of benzene rings is 1. The lowest BCUT2D eigenvalue weighted by molar-refractivity contribution is 0.0936. The Hall–Kier alpha value is -1.02. The highest BCUT2D eigenvalue weighted by molar-refractivity contribution is 7.90. The number of aromatic hydroxyl groups is 1. The summed E-state index contributed by atoms with van der Waals surface area (Å²) in [7, 11) is -3.23. The number of sulfonamides is 1. The minimum atomic E-state index is -3.23. The standard InChI is InChI=1S/C14H16Cl2N2O4S/c15-8-5-11(13(19)12(16)6-8)14(20)17-9-3-4-18(7-9)23(21,22)10-1-2-10/h5-6,9-10,19H,1-4,7H2,(H,17,20). The molecule has 1 amide bonds. The molecule has 2 fully saturated rings. The molecule has 1 aromatic carbocycles. The van der Waals surface area contributed by atoms with Crippen LogP contribution in [-0.2, 0) is 10.0 Å². The second-order valence-electron chi connectivity index (χ2n) is 5.85. The van der Waals surface area contributed by atoms with E-state index in [2.05, 4.69) is 5.32 Å². The van der Waals surface area contributed by atoms with E-state index in [1.165, 1.54) is 16.4 Å². The topological polar surface area (TPSA) is 86.7 Å². The number of nitrogens with one attached hydrogen (secondary N) is 1. The van der Waals surface area contributed by atoms with Crippen LogP contribution in [-0.4, -0.2) is 48.1 Å². The first kappa shape index (κ1) is 16.8. The fourth-order valence-corrected chi connectivity index (χ4v) is 5.05. The molecule has 1 atom stereocenters. The second kappa shape index (κ2) is 6.12. The summed E-state index contributed by atoms with van der Waals surface area (Å²) < 4.78 is 25.8. The van der Waals surface area contributed by atoms with E-state index in [-0.39, 0.29) is 39.2 Å². The molecular weight excluding hydrogens is 363 g/mol. The maximum absolute atomic E-state index is 12.3. The summed E-state index contributed by atoms with van der Waals surface area (Å²) in [6.07, 6.45) is 1.96. The zero-order valence-corrected chi connectivity index (χ0v) is 14.5.